The van der Waals surface area contributed by atoms with Gasteiger partial charge in [0.2, 0.25) is 0 Å². The van der Waals surface area contributed by atoms with Crippen LogP contribution in [0.4, 0.5) is 0 Å². The summed E-state index contributed by atoms with van der Waals surface area (Å²) >= 11 is 12.2. The highest BCUT2D eigenvalue weighted by molar-refractivity contribution is 6.35. The molecule has 0 saturated carbocycles. The van der Waals surface area contributed by atoms with E-state index in [9.17, 15) is 0 Å². The molecule has 106 valence electrons. The first-order chi connectivity index (χ1) is 9.20. The van der Waals surface area contributed by atoms with E-state index in [4.69, 9.17) is 27.9 Å². The number of nitrogens with zero attached hydrogens (tertiary/aromatic N) is 1. The summed E-state index contributed by atoms with van der Waals surface area (Å²) in [5, 5.41) is 4.62. The van der Waals surface area contributed by atoms with Crippen LogP contribution in [0.5, 0.6) is 5.75 Å². The van der Waals surface area contributed by atoms with Gasteiger partial charge in [0.25, 0.3) is 0 Å². The van der Waals surface area contributed by atoms with E-state index in [1.165, 1.54) is 0 Å². The molecule has 2 rings (SSSR count). The number of methoxy groups -OCH3 is 1. The van der Waals surface area contributed by atoms with E-state index in [1.54, 1.807) is 13.2 Å². The van der Waals surface area contributed by atoms with Crippen LogP contribution in [0.15, 0.2) is 12.1 Å². The molecule has 1 saturated heterocycles. The van der Waals surface area contributed by atoms with Crippen LogP contribution in [0.1, 0.15) is 12.0 Å². The zero-order chi connectivity index (χ0) is 13.7. The van der Waals surface area contributed by atoms with Gasteiger partial charge in [-0.2, -0.15) is 0 Å². The zero-order valence-electron chi connectivity index (χ0n) is 11.2. The van der Waals surface area contributed by atoms with Crippen molar-refractivity contribution in [3.8, 4) is 5.75 Å². The van der Waals surface area contributed by atoms with Crippen LogP contribution in [-0.4, -0.2) is 44.7 Å². The Morgan fingerprint density at radius 1 is 1.26 bits per heavy atom. The first-order valence-electron chi connectivity index (χ1n) is 6.65. The van der Waals surface area contributed by atoms with Crippen LogP contribution in [0.3, 0.4) is 0 Å². The minimum Gasteiger partial charge on any atom is -0.495 e. The predicted molar refractivity (Wildman–Crippen MR) is 80.6 cm³/mol. The molecule has 0 amide bonds. The molecule has 0 aromatic heterocycles. The maximum absolute atomic E-state index is 6.13. The SMILES string of the molecule is COc1c(Cl)cc(Cl)cc1CCCN1CCNCC1. The molecule has 0 bridgehead atoms. The van der Waals surface area contributed by atoms with Crippen LogP contribution in [0.2, 0.25) is 10.0 Å². The lowest BCUT2D eigenvalue weighted by Crippen LogP contribution is -2.43. The van der Waals surface area contributed by atoms with E-state index in [-0.39, 0.29) is 0 Å². The monoisotopic (exact) mass is 302 g/mol. The van der Waals surface area contributed by atoms with Gasteiger partial charge in [0, 0.05) is 31.2 Å². The van der Waals surface area contributed by atoms with E-state index in [0.29, 0.717) is 10.0 Å². The molecule has 0 aliphatic carbocycles. The number of benzene rings is 1. The van der Waals surface area contributed by atoms with Crippen LogP contribution in [0, 0.1) is 0 Å². The van der Waals surface area contributed by atoms with Crippen molar-refractivity contribution in [1.82, 2.24) is 10.2 Å². The van der Waals surface area contributed by atoms with E-state index in [1.807, 2.05) is 6.07 Å². The predicted octanol–water partition coefficient (Wildman–Crippen LogP) is 2.84. The van der Waals surface area contributed by atoms with Crippen LogP contribution in [-0.2, 0) is 6.42 Å². The van der Waals surface area contributed by atoms with Crippen molar-refractivity contribution in [2.75, 3.05) is 39.8 Å². The van der Waals surface area contributed by atoms with Gasteiger partial charge in [0.1, 0.15) is 5.75 Å². The van der Waals surface area contributed by atoms with E-state index in [0.717, 1.165) is 56.9 Å². The number of piperazine rings is 1. The summed E-state index contributed by atoms with van der Waals surface area (Å²) in [6.07, 6.45) is 2.03. The van der Waals surface area contributed by atoms with E-state index in [2.05, 4.69) is 10.2 Å². The molecule has 1 aromatic rings. The minimum absolute atomic E-state index is 0.590. The normalized spacial score (nSPS) is 16.6. The van der Waals surface area contributed by atoms with Gasteiger partial charge in [0.05, 0.1) is 12.1 Å². The maximum Gasteiger partial charge on any atom is 0.140 e. The van der Waals surface area contributed by atoms with Crippen molar-refractivity contribution in [2.45, 2.75) is 12.8 Å². The molecule has 1 aromatic carbocycles. The first-order valence-corrected chi connectivity index (χ1v) is 7.41. The highest BCUT2D eigenvalue weighted by Gasteiger charge is 2.12. The Balaban J connectivity index is 1.91. The molecule has 0 radical (unpaired) electrons. The van der Waals surface area contributed by atoms with Gasteiger partial charge in [-0.25, -0.2) is 0 Å². The second-order valence-electron chi connectivity index (χ2n) is 4.78. The third kappa shape index (κ3) is 4.25. The molecule has 1 heterocycles. The number of hydrogen-bond donors (Lipinski definition) is 1. The number of halogens is 2. The van der Waals surface area contributed by atoms with Crippen molar-refractivity contribution < 1.29 is 4.74 Å². The molecule has 1 aliphatic rings. The number of rotatable bonds is 5. The number of hydrogen-bond acceptors (Lipinski definition) is 3. The summed E-state index contributed by atoms with van der Waals surface area (Å²) in [6, 6.07) is 3.67. The van der Waals surface area contributed by atoms with Crippen molar-refractivity contribution in [3.63, 3.8) is 0 Å². The van der Waals surface area contributed by atoms with Gasteiger partial charge in [-0.15, -0.1) is 0 Å². The zero-order valence-corrected chi connectivity index (χ0v) is 12.7. The lowest BCUT2D eigenvalue weighted by molar-refractivity contribution is 0.238. The van der Waals surface area contributed by atoms with Gasteiger partial charge in [-0.3, -0.25) is 0 Å². The van der Waals surface area contributed by atoms with Crippen molar-refractivity contribution >= 4 is 23.2 Å². The average Bonchev–Trinajstić information content (AvgIpc) is 2.39. The van der Waals surface area contributed by atoms with Crippen molar-refractivity contribution in [1.29, 1.82) is 0 Å². The second kappa shape index (κ2) is 7.34. The maximum atomic E-state index is 6.13. The fraction of sp³-hybridized carbons (Fsp3) is 0.571. The Morgan fingerprint density at radius 3 is 2.68 bits per heavy atom. The molecule has 19 heavy (non-hydrogen) atoms. The minimum atomic E-state index is 0.590. The Hall–Kier alpha value is -0.480. The highest BCUT2D eigenvalue weighted by Crippen LogP contribution is 2.32. The van der Waals surface area contributed by atoms with Crippen LogP contribution in [0.25, 0.3) is 0 Å². The van der Waals surface area contributed by atoms with Gasteiger partial charge >= 0.3 is 0 Å². The van der Waals surface area contributed by atoms with Crippen LogP contribution < -0.4 is 10.1 Å². The Kier molecular flexibility index (Phi) is 5.76. The van der Waals surface area contributed by atoms with E-state index >= 15 is 0 Å². The summed E-state index contributed by atoms with van der Waals surface area (Å²) in [5.41, 5.74) is 1.09. The largest absolute Gasteiger partial charge is 0.495 e. The highest BCUT2D eigenvalue weighted by atomic mass is 35.5. The lowest BCUT2D eigenvalue weighted by atomic mass is 10.1. The molecule has 0 atom stereocenters. The number of nitrogens with one attached hydrogen (secondary N) is 1. The molecule has 1 fully saturated rings. The standard InChI is InChI=1S/C14H20Cl2N2O/c1-19-14-11(9-12(15)10-13(14)16)3-2-6-18-7-4-17-5-8-18/h9-10,17H,2-8H2,1H3. The quantitative estimate of drug-likeness (QED) is 0.905. The number of ether oxygens (including phenoxy) is 1. The summed E-state index contributed by atoms with van der Waals surface area (Å²) in [4.78, 5) is 2.48. The van der Waals surface area contributed by atoms with Gasteiger partial charge in [-0.05, 0) is 37.1 Å². The third-order valence-corrected chi connectivity index (χ3v) is 3.92. The number of aryl methyl sites for hydroxylation is 1. The smallest absolute Gasteiger partial charge is 0.140 e. The Bertz CT molecular complexity index is 420. The van der Waals surface area contributed by atoms with Gasteiger partial charge < -0.3 is 15.0 Å². The molecule has 1 N–H and O–H groups in total. The molecule has 0 unspecified atom stereocenters. The summed E-state index contributed by atoms with van der Waals surface area (Å²) < 4.78 is 5.36. The van der Waals surface area contributed by atoms with Gasteiger partial charge in [-0.1, -0.05) is 23.2 Å². The molecule has 3 nitrogen and oxygen atoms in total. The average molecular weight is 303 g/mol. The van der Waals surface area contributed by atoms with Gasteiger partial charge in [0.15, 0.2) is 0 Å². The lowest BCUT2D eigenvalue weighted by Gasteiger charge is -2.27. The summed E-state index contributed by atoms with van der Waals surface area (Å²) in [5.74, 6) is 0.756. The summed E-state index contributed by atoms with van der Waals surface area (Å²) in [6.45, 7) is 5.55. The second-order valence-corrected chi connectivity index (χ2v) is 5.62. The van der Waals surface area contributed by atoms with Crippen molar-refractivity contribution in [3.05, 3.63) is 27.7 Å². The van der Waals surface area contributed by atoms with Crippen molar-refractivity contribution in [2.24, 2.45) is 0 Å². The molecular formula is C14H20Cl2N2O. The molecule has 5 heteroatoms. The molecular weight excluding hydrogens is 283 g/mol. The fourth-order valence-electron chi connectivity index (χ4n) is 2.46. The summed E-state index contributed by atoms with van der Waals surface area (Å²) in [7, 11) is 1.65. The fourth-order valence-corrected chi connectivity index (χ4v) is 3.07. The first kappa shape index (κ1) is 14.9. The Morgan fingerprint density at radius 2 is 2.00 bits per heavy atom. The molecule has 0 spiro atoms. The topological polar surface area (TPSA) is 24.5 Å². The third-order valence-electron chi connectivity index (χ3n) is 3.42. The van der Waals surface area contributed by atoms with E-state index < -0.39 is 0 Å². The van der Waals surface area contributed by atoms with Crippen LogP contribution >= 0.6 is 23.2 Å². The molecule has 1 aliphatic heterocycles. The Labute approximate surface area is 124 Å².